The van der Waals surface area contributed by atoms with Gasteiger partial charge >= 0.3 is 6.01 Å². The minimum atomic E-state index is -0.520. The SMILES string of the molecule is Cc1cc(Cl)c(-c2cccc3ccccc23)c(F)cnc(OCCCN2C3CCCC2C3)nc1N1CC2CCC(C1)N2. The van der Waals surface area contributed by atoms with Crippen molar-refractivity contribution in [3.05, 3.63) is 71.1 Å². The Kier molecular flexibility index (Phi) is 7.91. The molecule has 0 radical (unpaired) electrons. The lowest BCUT2D eigenvalue weighted by atomic mass is 9.80. The molecule has 0 saturated carbocycles. The minimum absolute atomic E-state index is 0.192. The van der Waals surface area contributed by atoms with Crippen molar-refractivity contribution in [2.75, 3.05) is 31.1 Å². The van der Waals surface area contributed by atoms with Crippen LogP contribution in [0.4, 0.5) is 10.2 Å². The summed E-state index contributed by atoms with van der Waals surface area (Å²) in [7, 11) is 0. The van der Waals surface area contributed by atoms with Gasteiger partial charge in [0, 0.05) is 49.4 Å². The van der Waals surface area contributed by atoms with Crippen molar-refractivity contribution in [3.8, 4) is 17.1 Å². The van der Waals surface area contributed by atoms with Gasteiger partial charge in [-0.2, -0.15) is 4.98 Å². The average Bonchev–Trinajstić information content (AvgIpc) is 3.34. The number of anilines is 1. The number of halogens is 2. The minimum Gasteiger partial charge on any atom is -0.463 e. The molecule has 4 saturated heterocycles. The lowest BCUT2D eigenvalue weighted by Crippen LogP contribution is -2.58. The molecule has 4 aliphatic heterocycles. The molecule has 4 aliphatic rings. The molecule has 220 valence electrons. The first-order valence-electron chi connectivity index (χ1n) is 15.5. The van der Waals surface area contributed by atoms with E-state index in [4.69, 9.17) is 21.3 Å². The van der Waals surface area contributed by atoms with Crippen LogP contribution in [0.5, 0.6) is 6.01 Å². The van der Waals surface area contributed by atoms with Gasteiger partial charge in [0.15, 0.2) is 5.82 Å². The molecule has 0 amide bonds. The van der Waals surface area contributed by atoms with E-state index in [1.807, 2.05) is 55.5 Å². The van der Waals surface area contributed by atoms with Gasteiger partial charge in [-0.3, -0.25) is 4.90 Å². The van der Waals surface area contributed by atoms with Crippen LogP contribution in [-0.2, 0) is 0 Å². The summed E-state index contributed by atoms with van der Waals surface area (Å²) in [5.41, 5.74) is 1.91. The monoisotopic (exact) mass is 587 g/mol. The van der Waals surface area contributed by atoms with Crippen molar-refractivity contribution in [2.45, 2.75) is 76.0 Å². The van der Waals surface area contributed by atoms with Gasteiger partial charge in [0.05, 0.1) is 17.8 Å². The number of aromatic nitrogens is 2. The van der Waals surface area contributed by atoms with Crippen LogP contribution in [0.3, 0.4) is 0 Å². The van der Waals surface area contributed by atoms with Crippen LogP contribution >= 0.6 is 11.6 Å². The van der Waals surface area contributed by atoms with E-state index in [9.17, 15) is 0 Å². The van der Waals surface area contributed by atoms with Crippen molar-refractivity contribution < 1.29 is 9.13 Å². The number of ether oxygens (including phenoxy) is 1. The van der Waals surface area contributed by atoms with Crippen molar-refractivity contribution in [1.29, 1.82) is 0 Å². The summed E-state index contributed by atoms with van der Waals surface area (Å²) in [6, 6.07) is 18.2. The Morgan fingerprint density at radius 1 is 1.02 bits per heavy atom. The number of piperazine rings is 1. The Balaban J connectivity index is 1.26. The third kappa shape index (κ3) is 5.54. The third-order valence-electron chi connectivity index (χ3n) is 9.59. The van der Waals surface area contributed by atoms with Gasteiger partial charge in [-0.1, -0.05) is 60.5 Å². The molecule has 7 rings (SSSR count). The van der Waals surface area contributed by atoms with Crippen LogP contribution in [0.25, 0.3) is 21.9 Å². The maximum Gasteiger partial charge on any atom is 0.318 e. The van der Waals surface area contributed by atoms with E-state index in [0.29, 0.717) is 29.3 Å². The smallest absolute Gasteiger partial charge is 0.318 e. The Bertz CT molecular complexity index is 1500. The van der Waals surface area contributed by atoms with Crippen LogP contribution in [0.15, 0.2) is 54.7 Å². The summed E-state index contributed by atoms with van der Waals surface area (Å²) in [6.07, 6.45) is 9.76. The molecule has 42 heavy (non-hydrogen) atoms. The van der Waals surface area contributed by atoms with Crippen LogP contribution in [-0.4, -0.2) is 65.3 Å². The van der Waals surface area contributed by atoms with Gasteiger partial charge in [0.2, 0.25) is 0 Å². The van der Waals surface area contributed by atoms with Gasteiger partial charge in [-0.05, 0) is 73.4 Å². The molecule has 4 bridgehead atoms. The lowest BCUT2D eigenvalue weighted by Gasteiger charge is -2.53. The van der Waals surface area contributed by atoms with Crippen LogP contribution in [0.1, 0.15) is 50.5 Å². The van der Waals surface area contributed by atoms with Crippen molar-refractivity contribution in [1.82, 2.24) is 20.2 Å². The number of benzene rings is 2. The molecule has 8 heteroatoms. The van der Waals surface area contributed by atoms with E-state index >= 15 is 4.39 Å². The number of nitrogens with zero attached hydrogens (tertiary/aromatic N) is 4. The standard InChI is InChI=1S/C34H39ClFN5O/c1-22-17-30(35)32(29-12-4-8-23-7-2-3-11-28(23)29)31(36)19-37-34(39-33(22)40-20-24-13-14-25(21-40)38-24)42-16-6-15-41-26-9-5-10-27(41)18-26/h2-4,7-8,11-12,17,19,24-27,38H,5-6,9-10,13-16,18,20-21H2,1H3. The average molecular weight is 588 g/mol. The van der Waals surface area contributed by atoms with Crippen LogP contribution in [0.2, 0.25) is 5.02 Å². The number of aryl methyl sites for hydroxylation is 1. The van der Waals surface area contributed by atoms with Gasteiger partial charge in [-0.25, -0.2) is 9.37 Å². The molecule has 4 unspecified atom stereocenters. The second-order valence-electron chi connectivity index (χ2n) is 12.4. The van der Waals surface area contributed by atoms with E-state index in [1.165, 1.54) is 31.9 Å². The van der Waals surface area contributed by atoms with Crippen LogP contribution in [0, 0.1) is 12.7 Å². The highest BCUT2D eigenvalue weighted by molar-refractivity contribution is 6.33. The molecule has 1 aromatic heterocycles. The van der Waals surface area contributed by atoms with Gasteiger partial charge in [0.25, 0.3) is 0 Å². The molecular weight excluding hydrogens is 549 g/mol. The summed E-state index contributed by atoms with van der Waals surface area (Å²) < 4.78 is 22.2. The first-order valence-corrected chi connectivity index (χ1v) is 15.9. The predicted molar refractivity (Wildman–Crippen MR) is 167 cm³/mol. The Labute approximate surface area is 252 Å². The maximum absolute atomic E-state index is 16.1. The highest BCUT2D eigenvalue weighted by Gasteiger charge is 2.40. The Hall–Kier alpha value is -3.00. The molecule has 1 N–H and O–H groups in total. The summed E-state index contributed by atoms with van der Waals surface area (Å²) in [5, 5.41) is 5.98. The number of nitrogens with one attached hydrogen (secondary N) is 1. The third-order valence-corrected chi connectivity index (χ3v) is 9.89. The summed E-state index contributed by atoms with van der Waals surface area (Å²) in [6.45, 7) is 5.21. The topological polar surface area (TPSA) is 53.5 Å². The molecule has 4 atom stereocenters. The van der Waals surface area contributed by atoms with E-state index < -0.39 is 5.82 Å². The second kappa shape index (κ2) is 11.9. The first-order chi connectivity index (χ1) is 20.5. The van der Waals surface area contributed by atoms with Crippen molar-refractivity contribution in [2.24, 2.45) is 0 Å². The first kappa shape index (κ1) is 27.8. The molecule has 6 nitrogen and oxygen atoms in total. The normalized spacial score (nSPS) is 24.8. The quantitative estimate of drug-likeness (QED) is 0.305. The zero-order valence-corrected chi connectivity index (χ0v) is 25.0. The number of rotatable bonds is 7. The predicted octanol–water partition coefficient (Wildman–Crippen LogP) is 6.86. The van der Waals surface area contributed by atoms with Crippen molar-refractivity contribution in [3.63, 3.8) is 0 Å². The highest BCUT2D eigenvalue weighted by atomic mass is 35.5. The van der Waals surface area contributed by atoms with E-state index in [2.05, 4.69) is 20.1 Å². The molecule has 5 heterocycles. The molecule has 0 spiro atoms. The number of hydrogen-bond acceptors (Lipinski definition) is 6. The summed E-state index contributed by atoms with van der Waals surface area (Å²) in [4.78, 5) is 14.4. The van der Waals surface area contributed by atoms with E-state index in [0.717, 1.165) is 78.7 Å². The summed E-state index contributed by atoms with van der Waals surface area (Å²) in [5.74, 6) is 0.268. The lowest BCUT2D eigenvalue weighted by molar-refractivity contribution is -0.0295. The maximum atomic E-state index is 16.1. The molecule has 2 aromatic carbocycles. The zero-order valence-electron chi connectivity index (χ0n) is 24.2. The molecule has 0 aliphatic carbocycles. The largest absolute Gasteiger partial charge is 0.463 e. The number of hydrogen-bond donors (Lipinski definition) is 1. The van der Waals surface area contributed by atoms with Gasteiger partial charge in [0.1, 0.15) is 5.82 Å². The number of fused-ring (bicyclic) bond motifs is 5. The molecular formula is C34H39ClFN5O. The fraction of sp³-hybridized carbons (Fsp3) is 0.471. The zero-order chi connectivity index (χ0) is 28.6. The summed E-state index contributed by atoms with van der Waals surface area (Å²) >= 11 is 6.96. The molecule has 3 aromatic rings. The van der Waals surface area contributed by atoms with Crippen LogP contribution < -0.4 is 15.0 Å². The highest BCUT2D eigenvalue weighted by Crippen LogP contribution is 2.38. The fourth-order valence-corrected chi connectivity index (χ4v) is 7.92. The van der Waals surface area contributed by atoms with Gasteiger partial charge < -0.3 is 15.0 Å². The van der Waals surface area contributed by atoms with Gasteiger partial charge in [-0.15, -0.1) is 0 Å². The van der Waals surface area contributed by atoms with Crippen molar-refractivity contribution >= 4 is 28.2 Å². The van der Waals surface area contributed by atoms with E-state index in [-0.39, 0.29) is 6.01 Å². The number of piperidine rings is 1. The Morgan fingerprint density at radius 3 is 2.57 bits per heavy atom. The fourth-order valence-electron chi connectivity index (χ4n) is 7.56. The Morgan fingerprint density at radius 2 is 1.79 bits per heavy atom. The van der Waals surface area contributed by atoms with E-state index in [1.54, 1.807) is 0 Å². The second-order valence-corrected chi connectivity index (χ2v) is 12.8. The molecule has 4 fully saturated rings.